The van der Waals surface area contributed by atoms with E-state index in [9.17, 15) is 4.39 Å². The Hall–Kier alpha value is -0.800. The average molecular weight is 284 g/mol. The SMILES string of the molecule is FC(Cc1cc(Cl)cc2c1OCC2)C1CCCCN1. The molecule has 1 N–H and O–H groups in total. The summed E-state index contributed by atoms with van der Waals surface area (Å²) in [6.45, 7) is 1.61. The van der Waals surface area contributed by atoms with Gasteiger partial charge in [-0.3, -0.25) is 0 Å². The standard InChI is InChI=1S/C15H19ClFNO/c16-12-7-10-4-6-19-15(10)11(8-12)9-13(17)14-3-1-2-5-18-14/h7-8,13-14,18H,1-6,9H2. The molecule has 0 bridgehead atoms. The second-order valence-corrected chi connectivity index (χ2v) is 5.86. The number of alkyl halides is 1. The summed E-state index contributed by atoms with van der Waals surface area (Å²) < 4.78 is 20.0. The molecule has 104 valence electrons. The summed E-state index contributed by atoms with van der Waals surface area (Å²) in [4.78, 5) is 0. The summed E-state index contributed by atoms with van der Waals surface area (Å²) in [6.07, 6.45) is 3.58. The van der Waals surface area contributed by atoms with Gasteiger partial charge in [-0.15, -0.1) is 0 Å². The van der Waals surface area contributed by atoms with Gasteiger partial charge in [0.2, 0.25) is 0 Å². The fourth-order valence-electron chi connectivity index (χ4n) is 3.04. The fraction of sp³-hybridized carbons (Fsp3) is 0.600. The first-order valence-electron chi connectivity index (χ1n) is 7.05. The number of piperidine rings is 1. The van der Waals surface area contributed by atoms with Crippen LogP contribution in [0.3, 0.4) is 0 Å². The van der Waals surface area contributed by atoms with Crippen molar-refractivity contribution in [3.8, 4) is 5.75 Å². The van der Waals surface area contributed by atoms with Crippen LogP contribution in [0, 0.1) is 0 Å². The van der Waals surface area contributed by atoms with Gasteiger partial charge in [-0.1, -0.05) is 18.0 Å². The van der Waals surface area contributed by atoms with Crippen molar-refractivity contribution >= 4 is 11.6 Å². The van der Waals surface area contributed by atoms with E-state index in [0.29, 0.717) is 18.1 Å². The topological polar surface area (TPSA) is 21.3 Å². The fourth-order valence-corrected chi connectivity index (χ4v) is 3.30. The molecule has 2 aliphatic heterocycles. The lowest BCUT2D eigenvalue weighted by atomic mass is 9.95. The molecule has 1 aromatic rings. The van der Waals surface area contributed by atoms with Crippen molar-refractivity contribution in [2.75, 3.05) is 13.2 Å². The van der Waals surface area contributed by atoms with Crippen LogP contribution in [0.4, 0.5) is 4.39 Å². The highest BCUT2D eigenvalue weighted by Crippen LogP contribution is 2.34. The summed E-state index contributed by atoms with van der Waals surface area (Å²) in [5.41, 5.74) is 2.03. The Morgan fingerprint density at radius 3 is 3.11 bits per heavy atom. The zero-order valence-electron chi connectivity index (χ0n) is 10.9. The summed E-state index contributed by atoms with van der Waals surface area (Å²) in [7, 11) is 0. The first kappa shape index (κ1) is 13.2. The van der Waals surface area contributed by atoms with Gasteiger partial charge in [0, 0.05) is 23.9 Å². The van der Waals surface area contributed by atoms with Gasteiger partial charge in [-0.05, 0) is 42.6 Å². The quantitative estimate of drug-likeness (QED) is 0.919. The second kappa shape index (κ2) is 5.68. The molecule has 0 amide bonds. The number of nitrogens with one attached hydrogen (secondary N) is 1. The van der Waals surface area contributed by atoms with E-state index in [2.05, 4.69) is 5.32 Å². The Morgan fingerprint density at radius 1 is 1.42 bits per heavy atom. The van der Waals surface area contributed by atoms with Gasteiger partial charge in [-0.25, -0.2) is 4.39 Å². The Morgan fingerprint density at radius 2 is 2.32 bits per heavy atom. The largest absolute Gasteiger partial charge is 0.493 e. The molecule has 19 heavy (non-hydrogen) atoms. The number of halogens is 2. The predicted molar refractivity (Wildman–Crippen MR) is 74.9 cm³/mol. The van der Waals surface area contributed by atoms with Gasteiger partial charge in [0.05, 0.1) is 6.61 Å². The lowest BCUT2D eigenvalue weighted by molar-refractivity contribution is 0.215. The lowest BCUT2D eigenvalue weighted by Gasteiger charge is -2.27. The minimum absolute atomic E-state index is 0.0233. The number of benzene rings is 1. The molecule has 2 aliphatic rings. The minimum Gasteiger partial charge on any atom is -0.493 e. The second-order valence-electron chi connectivity index (χ2n) is 5.43. The highest BCUT2D eigenvalue weighted by molar-refractivity contribution is 6.30. The molecule has 4 heteroatoms. The maximum Gasteiger partial charge on any atom is 0.126 e. The molecule has 2 atom stereocenters. The van der Waals surface area contributed by atoms with E-state index in [1.165, 1.54) is 0 Å². The predicted octanol–water partition coefficient (Wildman–Crippen LogP) is 3.30. The monoisotopic (exact) mass is 283 g/mol. The average Bonchev–Trinajstić information content (AvgIpc) is 2.88. The molecule has 1 aromatic carbocycles. The van der Waals surface area contributed by atoms with Crippen molar-refractivity contribution in [1.82, 2.24) is 5.32 Å². The summed E-state index contributed by atoms with van der Waals surface area (Å²) >= 11 is 6.10. The molecule has 0 saturated carbocycles. The normalized spacial score (nSPS) is 23.8. The van der Waals surface area contributed by atoms with Crippen LogP contribution in [0.2, 0.25) is 5.02 Å². The molecule has 0 aliphatic carbocycles. The smallest absolute Gasteiger partial charge is 0.126 e. The molecule has 2 nitrogen and oxygen atoms in total. The van der Waals surface area contributed by atoms with Crippen LogP contribution in [0.5, 0.6) is 5.75 Å². The van der Waals surface area contributed by atoms with Crippen LogP contribution in [-0.4, -0.2) is 25.4 Å². The van der Waals surface area contributed by atoms with Crippen LogP contribution in [-0.2, 0) is 12.8 Å². The van der Waals surface area contributed by atoms with Crippen LogP contribution in [0.15, 0.2) is 12.1 Å². The van der Waals surface area contributed by atoms with Crippen molar-refractivity contribution in [1.29, 1.82) is 0 Å². The molecule has 3 rings (SSSR count). The van der Waals surface area contributed by atoms with E-state index >= 15 is 0 Å². The first-order chi connectivity index (χ1) is 9.24. The molecule has 1 fully saturated rings. The summed E-state index contributed by atoms with van der Waals surface area (Å²) in [5.74, 6) is 0.864. The number of rotatable bonds is 3. The van der Waals surface area contributed by atoms with Gasteiger partial charge in [-0.2, -0.15) is 0 Å². The Balaban J connectivity index is 1.75. The zero-order chi connectivity index (χ0) is 13.2. The maximum atomic E-state index is 14.4. The third-order valence-electron chi connectivity index (χ3n) is 4.03. The van der Waals surface area contributed by atoms with Gasteiger partial charge in [0.1, 0.15) is 11.9 Å². The third kappa shape index (κ3) is 2.87. The Kier molecular flexibility index (Phi) is 3.94. The summed E-state index contributed by atoms with van der Waals surface area (Å²) in [6, 6.07) is 3.76. The van der Waals surface area contributed by atoms with E-state index in [4.69, 9.17) is 16.3 Å². The van der Waals surface area contributed by atoms with Gasteiger partial charge < -0.3 is 10.1 Å². The van der Waals surface area contributed by atoms with E-state index in [1.807, 2.05) is 12.1 Å². The van der Waals surface area contributed by atoms with E-state index in [0.717, 1.165) is 49.1 Å². The van der Waals surface area contributed by atoms with E-state index in [1.54, 1.807) is 0 Å². The van der Waals surface area contributed by atoms with Crippen LogP contribution in [0.25, 0.3) is 0 Å². The third-order valence-corrected chi connectivity index (χ3v) is 4.24. The van der Waals surface area contributed by atoms with Gasteiger partial charge >= 0.3 is 0 Å². The molecular weight excluding hydrogens is 265 g/mol. The maximum absolute atomic E-state index is 14.4. The van der Waals surface area contributed by atoms with Gasteiger partial charge in [0.25, 0.3) is 0 Å². The number of hydrogen-bond donors (Lipinski definition) is 1. The molecule has 0 aromatic heterocycles. The molecule has 2 unspecified atom stereocenters. The zero-order valence-corrected chi connectivity index (χ0v) is 11.7. The molecule has 1 saturated heterocycles. The van der Waals surface area contributed by atoms with Crippen LogP contribution >= 0.6 is 11.6 Å². The Bertz CT molecular complexity index is 460. The van der Waals surface area contributed by atoms with E-state index < -0.39 is 6.17 Å². The number of hydrogen-bond acceptors (Lipinski definition) is 2. The molecule has 0 spiro atoms. The van der Waals surface area contributed by atoms with Crippen molar-refractivity contribution in [3.05, 3.63) is 28.3 Å². The van der Waals surface area contributed by atoms with Crippen molar-refractivity contribution < 1.29 is 9.13 Å². The highest BCUT2D eigenvalue weighted by Gasteiger charge is 2.26. The Labute approximate surface area is 118 Å². The summed E-state index contributed by atoms with van der Waals surface area (Å²) in [5, 5.41) is 3.96. The highest BCUT2D eigenvalue weighted by atomic mass is 35.5. The van der Waals surface area contributed by atoms with E-state index in [-0.39, 0.29) is 6.04 Å². The first-order valence-corrected chi connectivity index (χ1v) is 7.43. The van der Waals surface area contributed by atoms with Crippen molar-refractivity contribution in [2.45, 2.75) is 44.3 Å². The minimum atomic E-state index is -0.868. The number of fused-ring (bicyclic) bond motifs is 1. The van der Waals surface area contributed by atoms with Crippen LogP contribution < -0.4 is 10.1 Å². The molecule has 2 heterocycles. The van der Waals surface area contributed by atoms with Crippen molar-refractivity contribution in [2.24, 2.45) is 0 Å². The van der Waals surface area contributed by atoms with Gasteiger partial charge in [0.15, 0.2) is 0 Å². The van der Waals surface area contributed by atoms with Crippen molar-refractivity contribution in [3.63, 3.8) is 0 Å². The van der Waals surface area contributed by atoms with Crippen LogP contribution in [0.1, 0.15) is 30.4 Å². The molecular formula is C15H19ClFNO. The molecule has 0 radical (unpaired) electrons. The lowest BCUT2D eigenvalue weighted by Crippen LogP contribution is -2.42. The number of ether oxygens (including phenoxy) is 1.